The molecule has 9 nitrogen and oxygen atoms in total. The van der Waals surface area contributed by atoms with Gasteiger partial charge in [0.05, 0.1) is 16.4 Å². The van der Waals surface area contributed by atoms with Crippen LogP contribution in [0.2, 0.25) is 0 Å². The van der Waals surface area contributed by atoms with Crippen LogP contribution in [0.25, 0.3) is 34.7 Å². The van der Waals surface area contributed by atoms with E-state index < -0.39 is 0 Å². The van der Waals surface area contributed by atoms with Gasteiger partial charge in [0.2, 0.25) is 0 Å². The smallest absolute Gasteiger partial charge is 0.316 e. The summed E-state index contributed by atoms with van der Waals surface area (Å²) < 4.78 is 22.4. The van der Waals surface area contributed by atoms with Crippen LogP contribution in [0, 0.1) is 18.2 Å². The number of ether oxygens (including phenoxy) is 1. The molecule has 1 saturated heterocycles. The highest BCUT2D eigenvalue weighted by atomic mass is 19.1. The van der Waals surface area contributed by atoms with E-state index in [0.29, 0.717) is 41.5 Å². The van der Waals surface area contributed by atoms with Crippen LogP contribution in [0.15, 0.2) is 45.3 Å². The van der Waals surface area contributed by atoms with Crippen LogP contribution in [0.3, 0.4) is 0 Å². The van der Waals surface area contributed by atoms with Crippen molar-refractivity contribution in [2.24, 2.45) is 15.0 Å². The van der Waals surface area contributed by atoms with Crippen molar-refractivity contribution in [2.45, 2.75) is 109 Å². The number of amidine groups is 1. The number of nitrogens with zero attached hydrogens (tertiary/aromatic N) is 3. The Morgan fingerprint density at radius 3 is 2.55 bits per heavy atom. The predicted octanol–water partition coefficient (Wildman–Crippen LogP) is 6.80. The van der Waals surface area contributed by atoms with Gasteiger partial charge in [-0.1, -0.05) is 37.3 Å². The first-order chi connectivity index (χ1) is 27.2. The summed E-state index contributed by atoms with van der Waals surface area (Å²) in [6, 6.07) is 11.1. The van der Waals surface area contributed by atoms with Gasteiger partial charge in [0.15, 0.2) is 0 Å². The topological polar surface area (TPSA) is 136 Å². The summed E-state index contributed by atoms with van der Waals surface area (Å²) in [6.07, 6.45) is 13.9. The number of anilines is 1. The van der Waals surface area contributed by atoms with Gasteiger partial charge in [-0.15, -0.1) is 0 Å². The maximum atomic E-state index is 15.9. The van der Waals surface area contributed by atoms with Gasteiger partial charge >= 0.3 is 6.02 Å². The van der Waals surface area contributed by atoms with Crippen LogP contribution in [-0.2, 0) is 24.0 Å². The van der Waals surface area contributed by atoms with Crippen LogP contribution in [0.4, 0.5) is 15.8 Å². The van der Waals surface area contributed by atoms with Crippen molar-refractivity contribution >= 4 is 53.9 Å². The summed E-state index contributed by atoms with van der Waals surface area (Å²) in [5, 5.41) is 19.5. The van der Waals surface area contributed by atoms with Gasteiger partial charge < -0.3 is 31.5 Å². The number of aromatic amines is 1. The van der Waals surface area contributed by atoms with Crippen molar-refractivity contribution in [3.63, 3.8) is 0 Å². The Balaban J connectivity index is 1.46. The van der Waals surface area contributed by atoms with Gasteiger partial charge in [-0.05, 0) is 149 Å². The van der Waals surface area contributed by atoms with E-state index >= 15 is 4.39 Å². The number of aryl methyl sites for hydroxylation is 1. The third kappa shape index (κ3) is 8.00. The number of nitrogens with two attached hydrogens (primary N) is 1. The number of H-pyrrole nitrogens is 1. The summed E-state index contributed by atoms with van der Waals surface area (Å²) in [6.45, 7) is 12.9. The fourth-order valence-electron chi connectivity index (χ4n) is 9.03. The van der Waals surface area contributed by atoms with E-state index in [9.17, 15) is 0 Å². The Bertz CT molecular complexity index is 2370. The van der Waals surface area contributed by atoms with Crippen molar-refractivity contribution < 1.29 is 9.13 Å². The van der Waals surface area contributed by atoms with E-state index in [1.165, 1.54) is 24.3 Å². The molecule has 2 unspecified atom stereocenters. The minimum atomic E-state index is -0.386. The van der Waals surface area contributed by atoms with Gasteiger partial charge in [-0.25, -0.2) is 9.38 Å². The first kappa shape index (κ1) is 39.3. The summed E-state index contributed by atoms with van der Waals surface area (Å²) in [4.78, 5) is 17.7. The Hall–Kier alpha value is -4.93. The summed E-state index contributed by atoms with van der Waals surface area (Å²) in [5.41, 5.74) is 15.5. The molecular formula is C46H57FN8O. The lowest BCUT2D eigenvalue weighted by molar-refractivity contribution is 0.141. The lowest BCUT2D eigenvalue weighted by atomic mass is 9.81. The second-order valence-electron chi connectivity index (χ2n) is 15.8. The summed E-state index contributed by atoms with van der Waals surface area (Å²) in [7, 11) is 3.81. The van der Waals surface area contributed by atoms with Gasteiger partial charge in [0, 0.05) is 59.3 Å². The van der Waals surface area contributed by atoms with E-state index in [1.807, 2.05) is 14.0 Å². The molecule has 3 aromatic carbocycles. The SMILES string of the molecule is C=NC(=Nc1c(CC2CC(NC)CN2)cc(C2CC2)c(-c2c(C)c(F)cc(N)c2C=N)c1CCc1ccc2/c(=C/C)c(=NC)c(=C)[nH]c2c1)OC1CCCCC1. The number of hydrogen-bond acceptors (Lipinski definition) is 7. The zero-order valence-electron chi connectivity index (χ0n) is 33.5. The molecule has 56 heavy (non-hydrogen) atoms. The molecule has 2 aliphatic carbocycles. The standard InChI is InChI=1S/C46H57FN8O/c1-7-34-35-17-13-28(19-41(35)54-27(3)44(34)51-5)14-18-36-43(42-26(2)39(47)23-40(49)38(42)24-48)37(29-15-16-29)21-30(20-31-22-32(50-4)25-53-31)45(36)55-46(52-6)56-33-11-9-8-10-12-33/h7,13,17,19,21,23-24,29,31-33,48,50,53-54H,3,6,8-12,14-16,18,20,22,25,49H2,1-2,4-5H3/b34-7-,48-24?,51-44?,55-46?. The van der Waals surface area contributed by atoms with Crippen LogP contribution in [-0.4, -0.2) is 62.8 Å². The number of fused-ring (bicyclic) bond motifs is 1. The molecule has 3 fully saturated rings. The largest absolute Gasteiger partial charge is 0.460 e. The third-order valence-electron chi connectivity index (χ3n) is 12.2. The Morgan fingerprint density at radius 2 is 1.89 bits per heavy atom. The van der Waals surface area contributed by atoms with Gasteiger partial charge in [0.1, 0.15) is 11.9 Å². The Morgan fingerprint density at radius 1 is 1.11 bits per heavy atom. The van der Waals surface area contributed by atoms with Crippen molar-refractivity contribution in [2.75, 3.05) is 26.4 Å². The highest BCUT2D eigenvalue weighted by Crippen LogP contribution is 2.51. The number of rotatable bonds is 11. The zero-order valence-corrected chi connectivity index (χ0v) is 33.5. The molecule has 0 bridgehead atoms. The van der Waals surface area contributed by atoms with Gasteiger partial charge in [-0.2, -0.15) is 4.99 Å². The summed E-state index contributed by atoms with van der Waals surface area (Å²) >= 11 is 0. The number of benzene rings is 3. The molecule has 0 amide bonds. The third-order valence-corrected chi connectivity index (χ3v) is 12.2. The molecule has 2 saturated carbocycles. The maximum absolute atomic E-state index is 15.9. The quantitative estimate of drug-likeness (QED) is 0.0654. The highest BCUT2D eigenvalue weighted by Gasteiger charge is 2.34. The molecule has 2 heterocycles. The molecule has 294 valence electrons. The number of nitrogen functional groups attached to an aromatic ring is 1. The molecule has 7 rings (SSSR count). The maximum Gasteiger partial charge on any atom is 0.316 e. The monoisotopic (exact) mass is 756 g/mol. The van der Waals surface area contributed by atoms with Crippen LogP contribution >= 0.6 is 0 Å². The number of aromatic nitrogens is 1. The molecule has 1 aliphatic heterocycles. The first-order valence-corrected chi connectivity index (χ1v) is 20.3. The summed E-state index contributed by atoms with van der Waals surface area (Å²) in [5.74, 6) is -0.0734. The minimum absolute atomic E-state index is 0.0332. The normalized spacial score (nSPS) is 19.9. The van der Waals surface area contributed by atoms with Crippen molar-refractivity contribution in [3.05, 3.63) is 85.5 Å². The second kappa shape index (κ2) is 17.1. The number of hydrogen-bond donors (Lipinski definition) is 5. The van der Waals surface area contributed by atoms with Crippen LogP contribution < -0.4 is 32.3 Å². The molecule has 2 atom stereocenters. The minimum Gasteiger partial charge on any atom is -0.460 e. The fraction of sp³-hybridized carbons (Fsp3) is 0.435. The molecule has 1 aromatic heterocycles. The van der Waals surface area contributed by atoms with E-state index in [2.05, 4.69) is 69.2 Å². The second-order valence-corrected chi connectivity index (χ2v) is 15.8. The zero-order chi connectivity index (χ0) is 39.5. The van der Waals surface area contributed by atoms with E-state index in [4.69, 9.17) is 20.9 Å². The number of halogens is 1. The molecule has 4 aromatic rings. The van der Waals surface area contributed by atoms with E-state index in [-0.39, 0.29) is 29.7 Å². The Kier molecular flexibility index (Phi) is 12.0. The van der Waals surface area contributed by atoms with Crippen LogP contribution in [0.1, 0.15) is 97.6 Å². The van der Waals surface area contributed by atoms with Crippen molar-refractivity contribution in [3.8, 4) is 11.1 Å². The molecule has 3 aliphatic rings. The average molecular weight is 757 g/mol. The molecule has 0 radical (unpaired) electrons. The van der Waals surface area contributed by atoms with E-state index in [0.717, 1.165) is 113 Å². The average Bonchev–Trinajstić information content (AvgIpc) is 3.95. The Labute approximate surface area is 329 Å². The lowest BCUT2D eigenvalue weighted by Crippen LogP contribution is -2.41. The van der Waals surface area contributed by atoms with Crippen LogP contribution in [0.5, 0.6) is 0 Å². The number of aliphatic imine (C=N–C) groups is 2. The molecule has 10 heteroatoms. The number of likely N-dealkylation sites (N-methyl/N-ethyl adjacent to an activating group) is 1. The van der Waals surface area contributed by atoms with Gasteiger partial charge in [-0.3, -0.25) is 4.99 Å². The molecule has 0 spiro atoms. The van der Waals surface area contributed by atoms with Crippen molar-refractivity contribution in [1.29, 1.82) is 5.41 Å². The molecular weight excluding hydrogens is 700 g/mol. The van der Waals surface area contributed by atoms with Gasteiger partial charge in [0.25, 0.3) is 0 Å². The number of pyridine rings is 1. The number of nitrogens with one attached hydrogen (secondary N) is 4. The molecule has 6 N–H and O–H groups in total. The highest BCUT2D eigenvalue weighted by molar-refractivity contribution is 5.99. The van der Waals surface area contributed by atoms with E-state index in [1.54, 1.807) is 14.0 Å². The fourth-order valence-corrected chi connectivity index (χ4v) is 9.03. The first-order valence-electron chi connectivity index (χ1n) is 20.3. The predicted molar refractivity (Wildman–Crippen MR) is 231 cm³/mol. The van der Waals surface area contributed by atoms with Crippen molar-refractivity contribution in [1.82, 2.24) is 15.6 Å². The lowest BCUT2D eigenvalue weighted by Gasteiger charge is -2.26.